The van der Waals surface area contributed by atoms with E-state index in [4.69, 9.17) is 5.73 Å². The van der Waals surface area contributed by atoms with Gasteiger partial charge in [-0.3, -0.25) is 4.79 Å². The van der Waals surface area contributed by atoms with Crippen LogP contribution in [0.4, 0.5) is 5.69 Å². The lowest BCUT2D eigenvalue weighted by Crippen LogP contribution is -2.23. The Hall–Kier alpha value is -1.63. The van der Waals surface area contributed by atoms with Crippen molar-refractivity contribution in [2.75, 3.05) is 5.32 Å². The smallest absolute Gasteiger partial charge is 0.227 e. The highest BCUT2D eigenvalue weighted by Gasteiger charge is 2.28. The summed E-state index contributed by atoms with van der Waals surface area (Å²) in [4.78, 5) is 12.6. The molecule has 2 aliphatic rings. The zero-order chi connectivity index (χ0) is 18.1. The van der Waals surface area contributed by atoms with Crippen LogP contribution in [0.3, 0.4) is 0 Å². The summed E-state index contributed by atoms with van der Waals surface area (Å²) in [6.45, 7) is 2.98. The minimum atomic E-state index is 0. The maximum absolute atomic E-state index is 12.6. The lowest BCUT2D eigenvalue weighted by Gasteiger charge is -2.14. The first kappa shape index (κ1) is 22.7. The molecular weight excluding hydrogens is 397 g/mol. The number of rotatable bonds is 3. The standard InChI is InChI=1S/C20H27N5O.2ClH/c1-13-6-7-14(19-24-23-18-5-3-2-4-10-25(18)19)12-17(13)22-20(26)15-8-9-16(21)11-15;;/h6-7,12,15-16H,2-5,8-11,21H2,1H3,(H,22,26);2*1H. The quantitative estimate of drug-likeness (QED) is 0.780. The molecule has 2 heterocycles. The molecule has 2 aromatic rings. The lowest BCUT2D eigenvalue weighted by molar-refractivity contribution is -0.119. The van der Waals surface area contributed by atoms with Crippen LogP contribution in [0.25, 0.3) is 11.4 Å². The number of benzene rings is 1. The van der Waals surface area contributed by atoms with Gasteiger partial charge in [0.15, 0.2) is 5.82 Å². The zero-order valence-electron chi connectivity index (χ0n) is 16.2. The number of hydrogen-bond donors (Lipinski definition) is 2. The molecule has 1 aliphatic carbocycles. The second-order valence-electron chi connectivity index (χ2n) is 7.69. The number of hydrogen-bond acceptors (Lipinski definition) is 4. The number of nitrogens with two attached hydrogens (primary N) is 1. The summed E-state index contributed by atoms with van der Waals surface area (Å²) in [5.41, 5.74) is 8.88. The van der Waals surface area contributed by atoms with Gasteiger partial charge in [-0.25, -0.2) is 0 Å². The van der Waals surface area contributed by atoms with Gasteiger partial charge in [-0.05, 0) is 50.7 Å². The minimum absolute atomic E-state index is 0. The van der Waals surface area contributed by atoms with Crippen LogP contribution in [0.1, 0.15) is 49.9 Å². The van der Waals surface area contributed by atoms with Crippen molar-refractivity contribution >= 4 is 36.4 Å². The highest BCUT2D eigenvalue weighted by atomic mass is 35.5. The maximum Gasteiger partial charge on any atom is 0.227 e. The number of halogens is 2. The molecule has 4 rings (SSSR count). The van der Waals surface area contributed by atoms with Crippen molar-refractivity contribution in [3.63, 3.8) is 0 Å². The number of fused-ring (bicyclic) bond motifs is 1. The topological polar surface area (TPSA) is 85.8 Å². The average Bonchev–Trinajstić information content (AvgIpc) is 3.17. The zero-order valence-corrected chi connectivity index (χ0v) is 17.8. The number of nitrogens with zero attached hydrogens (tertiary/aromatic N) is 3. The Labute approximate surface area is 178 Å². The summed E-state index contributed by atoms with van der Waals surface area (Å²) in [6, 6.07) is 6.30. The van der Waals surface area contributed by atoms with Crippen molar-refractivity contribution in [3.05, 3.63) is 29.6 Å². The molecule has 3 N–H and O–H groups in total. The fourth-order valence-corrected chi connectivity index (χ4v) is 4.08. The maximum atomic E-state index is 12.6. The Morgan fingerprint density at radius 3 is 2.75 bits per heavy atom. The van der Waals surface area contributed by atoms with E-state index < -0.39 is 0 Å². The molecular formula is C20H29Cl2N5O. The summed E-state index contributed by atoms with van der Waals surface area (Å²) in [5, 5.41) is 11.9. The van der Waals surface area contributed by atoms with E-state index in [-0.39, 0.29) is 42.7 Å². The van der Waals surface area contributed by atoms with E-state index in [0.29, 0.717) is 0 Å². The molecule has 0 bridgehead atoms. The Morgan fingerprint density at radius 1 is 1.18 bits per heavy atom. The predicted octanol–water partition coefficient (Wildman–Crippen LogP) is 3.89. The Balaban J connectivity index is 0.00000140. The first-order chi connectivity index (χ1) is 12.6. The van der Waals surface area contributed by atoms with Gasteiger partial charge < -0.3 is 15.6 Å². The van der Waals surface area contributed by atoms with Crippen molar-refractivity contribution in [1.82, 2.24) is 14.8 Å². The molecule has 8 heteroatoms. The molecule has 0 radical (unpaired) electrons. The van der Waals surface area contributed by atoms with E-state index in [0.717, 1.165) is 67.1 Å². The van der Waals surface area contributed by atoms with Crippen molar-refractivity contribution in [1.29, 1.82) is 0 Å². The summed E-state index contributed by atoms with van der Waals surface area (Å²) in [5.74, 6) is 2.08. The largest absolute Gasteiger partial charge is 0.328 e. The first-order valence-corrected chi connectivity index (χ1v) is 9.71. The molecule has 1 fully saturated rings. The summed E-state index contributed by atoms with van der Waals surface area (Å²) in [7, 11) is 0. The van der Waals surface area contributed by atoms with E-state index >= 15 is 0 Å². The highest BCUT2D eigenvalue weighted by Crippen LogP contribution is 2.29. The van der Waals surface area contributed by atoms with Crippen LogP contribution in [0.15, 0.2) is 18.2 Å². The number of carbonyl (C=O) groups excluding carboxylic acids is 1. The minimum Gasteiger partial charge on any atom is -0.328 e. The van der Waals surface area contributed by atoms with Gasteiger partial charge in [0.2, 0.25) is 5.91 Å². The fourth-order valence-electron chi connectivity index (χ4n) is 4.08. The van der Waals surface area contributed by atoms with Gasteiger partial charge in [-0.2, -0.15) is 0 Å². The van der Waals surface area contributed by atoms with Gasteiger partial charge in [0.1, 0.15) is 5.82 Å². The molecule has 28 heavy (non-hydrogen) atoms. The number of amides is 1. The van der Waals surface area contributed by atoms with Crippen molar-refractivity contribution < 1.29 is 4.79 Å². The normalized spacial score (nSPS) is 21.1. The van der Waals surface area contributed by atoms with E-state index in [2.05, 4.69) is 26.1 Å². The SMILES string of the molecule is Cc1ccc(-c2nnc3n2CCCCC3)cc1NC(=O)C1CCC(N)C1.Cl.Cl. The van der Waals surface area contributed by atoms with Gasteiger partial charge in [0.05, 0.1) is 0 Å². The molecule has 1 amide bonds. The molecule has 6 nitrogen and oxygen atoms in total. The third kappa shape index (κ3) is 4.67. The van der Waals surface area contributed by atoms with Gasteiger partial charge in [0.25, 0.3) is 0 Å². The molecule has 0 spiro atoms. The van der Waals surface area contributed by atoms with Crippen LogP contribution < -0.4 is 11.1 Å². The fraction of sp³-hybridized carbons (Fsp3) is 0.550. The Kier molecular flexibility index (Phi) is 7.87. The van der Waals surface area contributed by atoms with Gasteiger partial charge >= 0.3 is 0 Å². The van der Waals surface area contributed by atoms with Crippen molar-refractivity contribution in [3.8, 4) is 11.4 Å². The molecule has 1 aromatic carbocycles. The van der Waals surface area contributed by atoms with Crippen molar-refractivity contribution in [2.24, 2.45) is 11.7 Å². The van der Waals surface area contributed by atoms with Crippen LogP contribution in [0, 0.1) is 12.8 Å². The van der Waals surface area contributed by atoms with E-state index in [1.807, 2.05) is 19.1 Å². The van der Waals surface area contributed by atoms with Gasteiger partial charge in [-0.1, -0.05) is 18.6 Å². The van der Waals surface area contributed by atoms with Crippen LogP contribution in [-0.4, -0.2) is 26.7 Å². The second kappa shape index (κ2) is 9.72. The monoisotopic (exact) mass is 425 g/mol. The van der Waals surface area contributed by atoms with Gasteiger partial charge in [0, 0.05) is 36.2 Å². The second-order valence-corrected chi connectivity index (χ2v) is 7.69. The van der Waals surface area contributed by atoms with Crippen LogP contribution in [-0.2, 0) is 17.8 Å². The number of anilines is 1. The van der Waals surface area contributed by atoms with E-state index in [9.17, 15) is 4.79 Å². The Morgan fingerprint density at radius 2 is 2.00 bits per heavy atom. The van der Waals surface area contributed by atoms with Crippen molar-refractivity contribution in [2.45, 2.75) is 64.5 Å². The molecule has 0 saturated heterocycles. The van der Waals surface area contributed by atoms with Crippen LogP contribution in [0.5, 0.6) is 0 Å². The van der Waals surface area contributed by atoms with Gasteiger partial charge in [-0.15, -0.1) is 35.0 Å². The van der Waals surface area contributed by atoms with E-state index in [1.54, 1.807) is 0 Å². The first-order valence-electron chi connectivity index (χ1n) is 9.71. The predicted molar refractivity (Wildman–Crippen MR) is 116 cm³/mol. The molecule has 1 aliphatic heterocycles. The summed E-state index contributed by atoms with van der Waals surface area (Å²) < 4.78 is 2.24. The highest BCUT2D eigenvalue weighted by molar-refractivity contribution is 5.94. The Bertz CT molecular complexity index is 823. The number of carbonyl (C=O) groups is 1. The molecule has 2 atom stereocenters. The third-order valence-electron chi connectivity index (χ3n) is 5.71. The lowest BCUT2D eigenvalue weighted by atomic mass is 10.1. The number of aromatic nitrogens is 3. The molecule has 1 aromatic heterocycles. The molecule has 1 saturated carbocycles. The molecule has 154 valence electrons. The summed E-state index contributed by atoms with van der Waals surface area (Å²) in [6.07, 6.45) is 7.16. The van der Waals surface area contributed by atoms with Crippen LogP contribution >= 0.6 is 24.8 Å². The number of aryl methyl sites for hydroxylation is 2. The number of nitrogens with one attached hydrogen (secondary N) is 1. The summed E-state index contributed by atoms with van der Waals surface area (Å²) >= 11 is 0. The van der Waals surface area contributed by atoms with E-state index in [1.165, 1.54) is 12.8 Å². The third-order valence-corrected chi connectivity index (χ3v) is 5.71. The average molecular weight is 426 g/mol. The molecule has 2 unspecified atom stereocenters. The van der Waals surface area contributed by atoms with Crippen LogP contribution in [0.2, 0.25) is 0 Å².